The van der Waals surface area contributed by atoms with E-state index >= 15 is 0 Å². The number of hydrogen-bond acceptors (Lipinski definition) is 3. The van der Waals surface area contributed by atoms with Crippen molar-refractivity contribution in [2.75, 3.05) is 5.32 Å². The number of rotatable bonds is 1. The van der Waals surface area contributed by atoms with Gasteiger partial charge in [0, 0.05) is 12.3 Å². The van der Waals surface area contributed by atoms with Crippen LogP contribution in [0.5, 0.6) is 0 Å². The van der Waals surface area contributed by atoms with E-state index in [9.17, 15) is 9.59 Å². The lowest BCUT2D eigenvalue weighted by atomic mass is 9.84. The summed E-state index contributed by atoms with van der Waals surface area (Å²) in [5, 5.41) is 2.69. The highest BCUT2D eigenvalue weighted by atomic mass is 16.2. The summed E-state index contributed by atoms with van der Waals surface area (Å²) in [6.07, 6.45) is 0.270. The van der Waals surface area contributed by atoms with Gasteiger partial charge in [0.05, 0.1) is 5.56 Å². The Hall–Kier alpha value is -2.43. The molecule has 1 unspecified atom stereocenters. The van der Waals surface area contributed by atoms with Crippen LogP contribution in [0.3, 0.4) is 0 Å². The van der Waals surface area contributed by atoms with Crippen LogP contribution in [0.2, 0.25) is 0 Å². The van der Waals surface area contributed by atoms with Crippen LogP contribution >= 0.6 is 0 Å². The van der Waals surface area contributed by atoms with Crippen LogP contribution < -0.4 is 10.9 Å². The molecule has 0 radical (unpaired) electrons. The zero-order valence-corrected chi connectivity index (χ0v) is 11.4. The molecule has 1 aromatic carbocycles. The van der Waals surface area contributed by atoms with Crippen LogP contribution in [-0.2, 0) is 4.79 Å². The normalized spacial score (nSPS) is 17.5. The Kier molecular flexibility index (Phi) is 2.89. The molecular weight excluding hydrogens is 254 g/mol. The van der Waals surface area contributed by atoms with Crippen LogP contribution in [-0.4, -0.2) is 15.9 Å². The van der Waals surface area contributed by atoms with Crippen LogP contribution in [0.1, 0.15) is 34.9 Å². The average molecular weight is 269 g/mol. The molecule has 5 heteroatoms. The summed E-state index contributed by atoms with van der Waals surface area (Å²) in [4.78, 5) is 31.1. The molecule has 1 amide bonds. The fourth-order valence-electron chi connectivity index (χ4n) is 2.73. The lowest BCUT2D eigenvalue weighted by Gasteiger charge is -2.25. The van der Waals surface area contributed by atoms with Crippen LogP contribution in [0.25, 0.3) is 0 Å². The molecule has 20 heavy (non-hydrogen) atoms. The molecule has 1 aliphatic rings. The Labute approximate surface area is 116 Å². The van der Waals surface area contributed by atoms with E-state index in [4.69, 9.17) is 0 Å². The number of aromatic amines is 1. The summed E-state index contributed by atoms with van der Waals surface area (Å²) in [7, 11) is 0. The zero-order chi connectivity index (χ0) is 14.3. The van der Waals surface area contributed by atoms with Gasteiger partial charge < -0.3 is 10.3 Å². The second kappa shape index (κ2) is 4.59. The molecule has 5 nitrogen and oxygen atoms in total. The Bertz CT molecular complexity index is 749. The third-order valence-corrected chi connectivity index (χ3v) is 3.63. The van der Waals surface area contributed by atoms with Crippen molar-refractivity contribution in [3.8, 4) is 0 Å². The van der Waals surface area contributed by atoms with Gasteiger partial charge in [0.2, 0.25) is 5.91 Å². The molecule has 0 aliphatic carbocycles. The number of aryl methyl sites for hydroxylation is 2. The summed E-state index contributed by atoms with van der Waals surface area (Å²) in [5.74, 6) is 0.537. The van der Waals surface area contributed by atoms with Gasteiger partial charge in [-0.1, -0.05) is 24.3 Å². The van der Waals surface area contributed by atoms with E-state index < -0.39 is 0 Å². The lowest BCUT2D eigenvalue weighted by Crippen LogP contribution is -2.31. The number of hydrogen-bond donors (Lipinski definition) is 2. The van der Waals surface area contributed by atoms with E-state index in [2.05, 4.69) is 15.3 Å². The molecule has 0 bridgehead atoms. The van der Waals surface area contributed by atoms with Gasteiger partial charge in [-0.15, -0.1) is 0 Å². The van der Waals surface area contributed by atoms with Gasteiger partial charge in [0.25, 0.3) is 5.56 Å². The van der Waals surface area contributed by atoms with E-state index in [1.807, 2.05) is 31.2 Å². The van der Waals surface area contributed by atoms with Crippen molar-refractivity contribution in [1.82, 2.24) is 9.97 Å². The number of carbonyl (C=O) groups excluding carboxylic acids is 1. The fourth-order valence-corrected chi connectivity index (χ4v) is 2.73. The first-order valence-electron chi connectivity index (χ1n) is 6.52. The Morgan fingerprint density at radius 3 is 2.70 bits per heavy atom. The van der Waals surface area contributed by atoms with Gasteiger partial charge in [-0.05, 0) is 25.0 Å². The SMILES string of the molecule is Cc1nc2c(c(=O)[nH]1)C(c1ccccc1C)CC(=O)N2. The largest absolute Gasteiger partial charge is 0.310 e. The van der Waals surface area contributed by atoms with Gasteiger partial charge in [-0.2, -0.15) is 0 Å². The molecule has 102 valence electrons. The minimum Gasteiger partial charge on any atom is -0.310 e. The molecule has 1 aromatic heterocycles. The number of anilines is 1. The van der Waals surface area contributed by atoms with Crippen molar-refractivity contribution >= 4 is 11.7 Å². The summed E-state index contributed by atoms with van der Waals surface area (Å²) in [5.41, 5.74) is 2.43. The predicted octanol–water partition coefficient (Wildman–Crippen LogP) is 1.86. The predicted molar refractivity (Wildman–Crippen MR) is 75.9 cm³/mol. The Morgan fingerprint density at radius 2 is 1.95 bits per heavy atom. The third kappa shape index (κ3) is 2.01. The van der Waals surface area contributed by atoms with Crippen molar-refractivity contribution in [3.05, 3.63) is 57.1 Å². The molecule has 0 fully saturated rings. The van der Waals surface area contributed by atoms with Crippen LogP contribution in [0.15, 0.2) is 29.1 Å². The van der Waals surface area contributed by atoms with Crippen molar-refractivity contribution < 1.29 is 4.79 Å². The second-order valence-corrected chi connectivity index (χ2v) is 5.08. The fraction of sp³-hybridized carbons (Fsp3) is 0.267. The van der Waals surface area contributed by atoms with E-state index in [1.54, 1.807) is 6.92 Å². The number of aromatic nitrogens is 2. The maximum atomic E-state index is 12.2. The molecule has 0 saturated heterocycles. The lowest BCUT2D eigenvalue weighted by molar-refractivity contribution is -0.116. The first-order valence-corrected chi connectivity index (χ1v) is 6.52. The molecule has 2 N–H and O–H groups in total. The Balaban J connectivity index is 2.23. The van der Waals surface area contributed by atoms with E-state index in [0.29, 0.717) is 17.2 Å². The molecule has 2 aromatic rings. The minimum absolute atomic E-state index is 0.108. The number of nitrogens with zero attached hydrogens (tertiary/aromatic N) is 1. The summed E-state index contributed by atoms with van der Waals surface area (Å²) in [6, 6.07) is 7.81. The highest BCUT2D eigenvalue weighted by Gasteiger charge is 2.31. The number of benzene rings is 1. The molecule has 0 saturated carbocycles. The monoisotopic (exact) mass is 269 g/mol. The minimum atomic E-state index is -0.239. The maximum Gasteiger partial charge on any atom is 0.256 e. The van der Waals surface area contributed by atoms with Crippen LogP contribution in [0, 0.1) is 13.8 Å². The number of carbonyl (C=O) groups is 1. The average Bonchev–Trinajstić information content (AvgIpc) is 2.37. The van der Waals surface area contributed by atoms with Gasteiger partial charge in [0.1, 0.15) is 11.6 Å². The first kappa shape index (κ1) is 12.6. The zero-order valence-electron chi connectivity index (χ0n) is 11.4. The Morgan fingerprint density at radius 1 is 1.20 bits per heavy atom. The standard InChI is InChI=1S/C15H15N3O2/c1-8-5-3-4-6-10(8)11-7-12(19)18-14-13(11)15(20)17-9(2)16-14/h3-6,11H,7H2,1-2H3,(H2,16,17,18,19,20). The molecular formula is C15H15N3O2. The molecule has 3 rings (SSSR count). The molecule has 1 atom stereocenters. The highest BCUT2D eigenvalue weighted by molar-refractivity contribution is 5.94. The van der Waals surface area contributed by atoms with E-state index in [0.717, 1.165) is 11.1 Å². The summed E-state index contributed by atoms with van der Waals surface area (Å²) in [6.45, 7) is 3.68. The van der Waals surface area contributed by atoms with Crippen molar-refractivity contribution in [3.63, 3.8) is 0 Å². The molecule has 2 heterocycles. The second-order valence-electron chi connectivity index (χ2n) is 5.08. The topological polar surface area (TPSA) is 74.8 Å². The number of nitrogens with one attached hydrogen (secondary N) is 2. The summed E-state index contributed by atoms with van der Waals surface area (Å²) < 4.78 is 0. The quantitative estimate of drug-likeness (QED) is 0.829. The van der Waals surface area contributed by atoms with Gasteiger partial charge in [-0.25, -0.2) is 4.98 Å². The molecule has 0 spiro atoms. The first-order chi connectivity index (χ1) is 9.56. The van der Waals surface area contributed by atoms with Gasteiger partial charge >= 0.3 is 0 Å². The van der Waals surface area contributed by atoms with Gasteiger partial charge in [0.15, 0.2) is 0 Å². The van der Waals surface area contributed by atoms with Crippen molar-refractivity contribution in [2.24, 2.45) is 0 Å². The smallest absolute Gasteiger partial charge is 0.256 e. The van der Waals surface area contributed by atoms with Crippen molar-refractivity contribution in [1.29, 1.82) is 0 Å². The van der Waals surface area contributed by atoms with Gasteiger partial charge in [-0.3, -0.25) is 9.59 Å². The number of amides is 1. The van der Waals surface area contributed by atoms with Crippen molar-refractivity contribution in [2.45, 2.75) is 26.2 Å². The van der Waals surface area contributed by atoms with Crippen LogP contribution in [0.4, 0.5) is 5.82 Å². The van der Waals surface area contributed by atoms with E-state index in [1.165, 1.54) is 0 Å². The van der Waals surface area contributed by atoms with E-state index in [-0.39, 0.29) is 23.8 Å². The number of fused-ring (bicyclic) bond motifs is 1. The summed E-state index contributed by atoms with van der Waals surface area (Å²) >= 11 is 0. The number of H-pyrrole nitrogens is 1. The maximum absolute atomic E-state index is 12.2. The highest BCUT2D eigenvalue weighted by Crippen LogP contribution is 2.34. The molecule has 1 aliphatic heterocycles. The third-order valence-electron chi connectivity index (χ3n) is 3.63.